The second kappa shape index (κ2) is 41.3. The highest BCUT2D eigenvalue weighted by Crippen LogP contribution is 2.31. The van der Waals surface area contributed by atoms with Crippen molar-refractivity contribution in [2.75, 3.05) is 90.2 Å². The first kappa shape index (κ1) is 72.2. The van der Waals surface area contributed by atoms with Crippen LogP contribution in [-0.4, -0.2) is 203 Å². The lowest BCUT2D eigenvalue weighted by Crippen LogP contribution is -2.43. The number of aromatic nitrogens is 4. The second-order valence-electron chi connectivity index (χ2n) is 16.2. The Morgan fingerprint density at radius 3 is 1.64 bits per heavy atom. The Morgan fingerprint density at radius 2 is 1.22 bits per heavy atom. The molecule has 29 nitrogen and oxygen atoms in total. The van der Waals surface area contributed by atoms with E-state index >= 15 is 0 Å². The Balaban J connectivity index is 0. The zero-order valence-electron chi connectivity index (χ0n) is 47.2. The fourth-order valence-corrected chi connectivity index (χ4v) is 6.28. The first-order valence-corrected chi connectivity index (χ1v) is 23.8. The number of ether oxygens (including phenoxy) is 9. The minimum Gasteiger partial charge on any atom is -0.469 e. The molecule has 3 aliphatic rings. The van der Waals surface area contributed by atoms with E-state index in [4.69, 9.17) is 5.73 Å². The highest BCUT2D eigenvalue weighted by molar-refractivity contribution is 5.88. The van der Waals surface area contributed by atoms with Gasteiger partial charge in [0.05, 0.1) is 120 Å². The molecule has 5 heterocycles. The number of carbonyl (C=O) groups is 10. The molecular formula is C49H78N10O19. The molecule has 4 N–H and O–H groups in total. The van der Waals surface area contributed by atoms with Crippen LogP contribution in [0.1, 0.15) is 95.4 Å². The van der Waals surface area contributed by atoms with E-state index in [9.17, 15) is 47.9 Å². The number of rotatable bonds is 12. The fourth-order valence-electron chi connectivity index (χ4n) is 6.28. The van der Waals surface area contributed by atoms with E-state index < -0.39 is 30.2 Å². The predicted octanol–water partition coefficient (Wildman–Crippen LogP) is 1.91. The molecule has 78 heavy (non-hydrogen) atoms. The molecule has 0 aromatic carbocycles. The molecule has 3 aliphatic heterocycles. The average molecular weight is 1110 g/mol. The summed E-state index contributed by atoms with van der Waals surface area (Å²) in [6.45, 7) is 12.4. The number of methoxy groups -OCH3 is 9. The third-order valence-electron chi connectivity index (χ3n) is 10.7. The van der Waals surface area contributed by atoms with Crippen LogP contribution in [0.5, 0.6) is 0 Å². The Morgan fingerprint density at radius 1 is 0.692 bits per heavy atom. The van der Waals surface area contributed by atoms with Gasteiger partial charge in [0.2, 0.25) is 0 Å². The highest BCUT2D eigenvalue weighted by atomic mass is 16.6. The van der Waals surface area contributed by atoms with Crippen molar-refractivity contribution in [2.24, 2.45) is 5.73 Å². The summed E-state index contributed by atoms with van der Waals surface area (Å²) in [7, 11) is 11.6. The largest absolute Gasteiger partial charge is 0.469 e. The highest BCUT2D eigenvalue weighted by Gasteiger charge is 2.33. The van der Waals surface area contributed by atoms with Crippen molar-refractivity contribution in [1.29, 1.82) is 0 Å². The number of ketones is 1. The topological polar surface area (TPSA) is 365 Å². The molecule has 1 saturated heterocycles. The summed E-state index contributed by atoms with van der Waals surface area (Å²) in [6, 6.07) is -0.189. The van der Waals surface area contributed by atoms with Crippen LogP contribution in [0.3, 0.4) is 0 Å². The lowest BCUT2D eigenvalue weighted by molar-refractivity contribution is -0.145. The summed E-state index contributed by atoms with van der Waals surface area (Å²) >= 11 is 0. The molecule has 29 heteroatoms. The molecule has 5 unspecified atom stereocenters. The number of hydrogen-bond acceptors (Lipinski definition) is 26. The quantitative estimate of drug-likeness (QED) is 0.155. The van der Waals surface area contributed by atoms with Crippen LogP contribution in [0, 0.1) is 0 Å². The predicted molar refractivity (Wildman–Crippen MR) is 275 cm³/mol. The first-order valence-electron chi connectivity index (χ1n) is 23.8. The number of allylic oxidation sites excluding steroid dienone is 1. The van der Waals surface area contributed by atoms with Crippen molar-refractivity contribution in [2.45, 2.75) is 104 Å². The van der Waals surface area contributed by atoms with Gasteiger partial charge in [-0.3, -0.25) is 43.5 Å². The van der Waals surface area contributed by atoms with Gasteiger partial charge in [0.25, 0.3) is 0 Å². The van der Waals surface area contributed by atoms with E-state index in [2.05, 4.69) is 80.1 Å². The van der Waals surface area contributed by atoms with E-state index in [1.807, 2.05) is 20.0 Å². The molecule has 438 valence electrons. The van der Waals surface area contributed by atoms with Gasteiger partial charge < -0.3 is 59.0 Å². The maximum Gasteiger partial charge on any atom is 0.410 e. The van der Waals surface area contributed by atoms with Crippen molar-refractivity contribution in [3.8, 4) is 0 Å². The average Bonchev–Trinajstić information content (AvgIpc) is 4.13. The Hall–Kier alpha value is -7.92. The summed E-state index contributed by atoms with van der Waals surface area (Å²) in [5, 5.41) is 6.11. The zero-order chi connectivity index (χ0) is 59.9. The van der Waals surface area contributed by atoms with Gasteiger partial charge in [-0.2, -0.15) is 0 Å². The Bertz CT molecular complexity index is 2230. The third-order valence-corrected chi connectivity index (χ3v) is 10.7. The van der Waals surface area contributed by atoms with Crippen LogP contribution < -0.4 is 16.4 Å². The second-order valence-corrected chi connectivity index (χ2v) is 16.2. The van der Waals surface area contributed by atoms with Crippen molar-refractivity contribution in [3.63, 3.8) is 0 Å². The molecule has 2 aromatic rings. The smallest absolute Gasteiger partial charge is 0.410 e. The van der Waals surface area contributed by atoms with E-state index in [0.29, 0.717) is 19.0 Å². The van der Waals surface area contributed by atoms with Crippen LogP contribution in [0.2, 0.25) is 0 Å². The molecule has 0 radical (unpaired) electrons. The lowest BCUT2D eigenvalue weighted by Gasteiger charge is -2.25. The number of nitrogens with two attached hydrogens (primary N) is 1. The van der Waals surface area contributed by atoms with Crippen LogP contribution in [-0.2, 0) is 89.3 Å². The number of fused-ring (bicyclic) bond motifs is 2. The third kappa shape index (κ3) is 28.8. The van der Waals surface area contributed by atoms with Gasteiger partial charge in [0.1, 0.15) is 19.2 Å². The maximum absolute atomic E-state index is 11.4. The van der Waals surface area contributed by atoms with E-state index in [1.54, 1.807) is 44.3 Å². The summed E-state index contributed by atoms with van der Waals surface area (Å²) in [5.74, 6) is -2.30. The normalized spacial score (nSPS) is 15.6. The van der Waals surface area contributed by atoms with Gasteiger partial charge in [0.15, 0.2) is 5.78 Å². The minimum absolute atomic E-state index is 0.00125. The van der Waals surface area contributed by atoms with E-state index in [0.717, 1.165) is 28.4 Å². The maximum atomic E-state index is 11.4. The lowest BCUT2D eigenvalue weighted by atomic mass is 10.2. The van der Waals surface area contributed by atoms with E-state index in [1.165, 1.54) is 86.9 Å². The number of hydrogen-bond donors (Lipinski definition) is 3. The van der Waals surface area contributed by atoms with Crippen molar-refractivity contribution >= 4 is 59.9 Å². The molecule has 5 atom stereocenters. The number of likely N-dealkylation sites (tertiary alicyclic amines) is 1. The number of Topliss-reactive ketones (excluding diaryl/α,β-unsaturated/α-hetero) is 1. The minimum atomic E-state index is -0.702. The molecule has 0 aliphatic carbocycles. The Labute approximate surface area is 454 Å². The molecular weight excluding hydrogens is 1030 g/mol. The molecule has 2 aromatic heterocycles. The number of esters is 6. The zero-order valence-corrected chi connectivity index (χ0v) is 47.2. The number of carbonyl (C=O) groups excluding carboxylic acids is 10. The molecule has 0 bridgehead atoms. The summed E-state index contributed by atoms with van der Waals surface area (Å²) in [4.78, 5) is 128. The van der Waals surface area contributed by atoms with Crippen LogP contribution in [0.4, 0.5) is 14.4 Å². The molecule has 0 saturated carbocycles. The first-order chi connectivity index (χ1) is 36.9. The molecule has 0 spiro atoms. The summed E-state index contributed by atoms with van der Waals surface area (Å²) in [5.41, 5.74) is 9.09. The van der Waals surface area contributed by atoms with Crippen LogP contribution in [0.15, 0.2) is 37.2 Å². The van der Waals surface area contributed by atoms with Gasteiger partial charge >= 0.3 is 54.1 Å². The van der Waals surface area contributed by atoms with Gasteiger partial charge in [-0.25, -0.2) is 39.1 Å². The SMILES string of the molecule is C/C=C/C(=O)OC.CC1NCc2ncncc21.COC(=O)CC(C)N(CC(=O)OC)C(=O)OC.COC(=O)CN.COC(=O)CNC(C)CC(=O)OC.COC(=O)N1CC(=O)CC1C.COC(=O)N1Cc2ncncc2C1C. The van der Waals surface area contributed by atoms with Crippen LogP contribution in [0.25, 0.3) is 0 Å². The van der Waals surface area contributed by atoms with E-state index in [-0.39, 0.29) is 92.9 Å². The molecule has 5 rings (SSSR count). The summed E-state index contributed by atoms with van der Waals surface area (Å²) in [6.07, 6.45) is 8.94. The fraction of sp³-hybridized carbons (Fsp3) is 0.592. The van der Waals surface area contributed by atoms with Gasteiger partial charge in [-0.05, 0) is 41.5 Å². The number of amides is 3. The van der Waals surface area contributed by atoms with Gasteiger partial charge in [-0.15, -0.1) is 0 Å². The standard InChI is InChI=1S/C10H17NO6.C9H11N3O2.C8H15NO4.C7H9N3.C7H11NO3.C5H8O2.C3H7NO2/c1-7(5-8(12)15-2)11(10(14)17-4)6-9(13)16-3;1-6-7-3-10-5-11-8(7)4-12(6)9(13)14-2;1-6(4-7(10)12-2)9-5-8(11)13-3;1-5-6-2-8-4-10-7(6)3-9-5;1-5-3-6(9)4-8(5)7(10)11-2;1-3-4-5(6)7-2;1-6-3(5)2-4/h7H,5-6H2,1-4H3;3,5-6H,4H2,1-2H3;6,9H,4-5H2,1-3H3;2,4-5,9H,3H2,1H3;5H,3-4H2,1-2H3;3-4H,1-2H3;2,4H2,1H3/b;;;;;4-3+;. The van der Waals surface area contributed by atoms with Crippen molar-refractivity contribution < 1.29 is 90.6 Å². The van der Waals surface area contributed by atoms with Crippen molar-refractivity contribution in [3.05, 3.63) is 59.7 Å². The van der Waals surface area contributed by atoms with Gasteiger partial charge in [-0.1, -0.05) is 6.08 Å². The number of nitrogens with zero attached hydrogens (tertiary/aromatic N) is 7. The monoisotopic (exact) mass is 1110 g/mol. The van der Waals surface area contributed by atoms with Crippen molar-refractivity contribution in [1.82, 2.24) is 45.3 Å². The molecule has 3 amide bonds. The molecule has 1 fully saturated rings. The number of nitrogens with one attached hydrogen (secondary N) is 2. The van der Waals surface area contributed by atoms with Gasteiger partial charge in [0, 0.05) is 66.7 Å². The summed E-state index contributed by atoms with van der Waals surface area (Å²) < 4.78 is 39.9. The Kier molecular flexibility index (Phi) is 38.2. The van der Waals surface area contributed by atoms with Crippen LogP contribution >= 0.6 is 0 Å².